The quantitative estimate of drug-likeness (QED) is 0.328. The number of amides is 1. The smallest absolute Gasteiger partial charge is 0.410 e. The molecule has 0 saturated heterocycles. The fourth-order valence-electron chi connectivity index (χ4n) is 1.98. The van der Waals surface area contributed by atoms with E-state index in [9.17, 15) is 4.79 Å². The lowest BCUT2D eigenvalue weighted by Gasteiger charge is -2.26. The maximum absolute atomic E-state index is 12.2. The molecular weight excluding hydrogens is 463 g/mol. The first-order valence-electron chi connectivity index (χ1n) is 8.43. The number of carbonyl (C=O) groups is 1. The minimum atomic E-state index is -0.555. The summed E-state index contributed by atoms with van der Waals surface area (Å²) >= 11 is 0. The monoisotopic (exact) mass is 494 g/mol. The van der Waals surface area contributed by atoms with E-state index in [-0.39, 0.29) is 29.9 Å². The largest absolute Gasteiger partial charge is 0.497 e. The minimum absolute atomic E-state index is 0. The molecule has 1 rings (SSSR count). The maximum atomic E-state index is 12.2. The highest BCUT2D eigenvalue weighted by atomic mass is 127. The number of guanidine groups is 1. The van der Waals surface area contributed by atoms with Crippen molar-refractivity contribution in [1.29, 1.82) is 0 Å². The number of benzene rings is 1. The van der Waals surface area contributed by atoms with E-state index < -0.39 is 11.7 Å². The van der Waals surface area contributed by atoms with Crippen LogP contribution in [0.25, 0.3) is 0 Å². The summed E-state index contributed by atoms with van der Waals surface area (Å²) in [4.78, 5) is 18.0. The number of aliphatic imine (C=N–C) groups is 1. The Bertz CT molecular complexity index is 588. The summed E-state index contributed by atoms with van der Waals surface area (Å²) in [7, 11) is 3.19. The number of nitrogens with one attached hydrogen (secondary N) is 1. The summed E-state index contributed by atoms with van der Waals surface area (Å²) in [6.45, 7) is 7.05. The maximum Gasteiger partial charge on any atom is 0.410 e. The van der Waals surface area contributed by atoms with E-state index in [2.05, 4.69) is 10.3 Å². The van der Waals surface area contributed by atoms with Gasteiger partial charge in [0.05, 0.1) is 20.3 Å². The summed E-state index contributed by atoms with van der Waals surface area (Å²) in [5, 5.41) is 2.99. The molecule has 0 bridgehead atoms. The molecule has 1 aromatic carbocycles. The Balaban J connectivity index is 0.00000676. The van der Waals surface area contributed by atoms with Gasteiger partial charge in [0.25, 0.3) is 0 Å². The van der Waals surface area contributed by atoms with Crippen LogP contribution < -0.4 is 15.8 Å². The molecule has 0 fully saturated rings. The van der Waals surface area contributed by atoms with Crippen LogP contribution in [0.4, 0.5) is 10.5 Å². The fraction of sp³-hybridized carbons (Fsp3) is 0.556. The van der Waals surface area contributed by atoms with Gasteiger partial charge in [-0.2, -0.15) is 0 Å². The normalized spacial score (nSPS) is 11.4. The number of rotatable bonds is 8. The van der Waals surface area contributed by atoms with Crippen LogP contribution in [0.5, 0.6) is 5.75 Å². The van der Waals surface area contributed by atoms with E-state index in [4.69, 9.17) is 19.9 Å². The zero-order valence-electron chi connectivity index (χ0n) is 16.7. The van der Waals surface area contributed by atoms with Gasteiger partial charge in [-0.05, 0) is 45.0 Å². The highest BCUT2D eigenvalue weighted by Crippen LogP contribution is 2.14. The van der Waals surface area contributed by atoms with Crippen molar-refractivity contribution in [3.05, 3.63) is 24.3 Å². The Labute approximate surface area is 178 Å². The van der Waals surface area contributed by atoms with Gasteiger partial charge in [0.15, 0.2) is 5.96 Å². The second-order valence-corrected chi connectivity index (χ2v) is 6.58. The van der Waals surface area contributed by atoms with Crippen LogP contribution in [0.3, 0.4) is 0 Å². The van der Waals surface area contributed by atoms with Crippen molar-refractivity contribution in [2.45, 2.75) is 26.4 Å². The van der Waals surface area contributed by atoms with Gasteiger partial charge < -0.3 is 30.2 Å². The Morgan fingerprint density at radius 2 is 1.81 bits per heavy atom. The highest BCUT2D eigenvalue weighted by molar-refractivity contribution is 14.0. The van der Waals surface area contributed by atoms with Crippen LogP contribution in [0.15, 0.2) is 29.3 Å². The number of carbonyl (C=O) groups excluding carboxylic acids is 1. The zero-order valence-corrected chi connectivity index (χ0v) is 19.0. The number of hydrogen-bond donors (Lipinski definition) is 2. The predicted octanol–water partition coefficient (Wildman–Crippen LogP) is 2.92. The van der Waals surface area contributed by atoms with Gasteiger partial charge in [-0.15, -0.1) is 24.0 Å². The first kappa shape index (κ1) is 25.2. The van der Waals surface area contributed by atoms with E-state index in [1.165, 1.54) is 0 Å². The van der Waals surface area contributed by atoms with Crippen molar-refractivity contribution < 1.29 is 19.0 Å². The number of halogens is 1. The molecule has 9 heteroatoms. The van der Waals surface area contributed by atoms with Crippen molar-refractivity contribution in [3.8, 4) is 5.75 Å². The molecule has 0 aliphatic rings. The number of anilines is 1. The van der Waals surface area contributed by atoms with Crippen molar-refractivity contribution in [2.24, 2.45) is 10.7 Å². The van der Waals surface area contributed by atoms with Crippen molar-refractivity contribution in [1.82, 2.24) is 4.90 Å². The van der Waals surface area contributed by atoms with Crippen molar-refractivity contribution in [2.75, 3.05) is 45.8 Å². The van der Waals surface area contributed by atoms with E-state index in [1.54, 1.807) is 19.1 Å². The van der Waals surface area contributed by atoms with E-state index >= 15 is 0 Å². The van der Waals surface area contributed by atoms with E-state index in [0.717, 1.165) is 11.4 Å². The molecule has 1 amide bonds. The first-order valence-corrected chi connectivity index (χ1v) is 8.43. The fourth-order valence-corrected chi connectivity index (χ4v) is 1.98. The van der Waals surface area contributed by atoms with Crippen LogP contribution in [0.1, 0.15) is 20.8 Å². The van der Waals surface area contributed by atoms with Gasteiger partial charge >= 0.3 is 6.09 Å². The molecular formula is C18H31IN4O4. The third-order valence-electron chi connectivity index (χ3n) is 3.23. The van der Waals surface area contributed by atoms with E-state index in [0.29, 0.717) is 26.2 Å². The lowest BCUT2D eigenvalue weighted by molar-refractivity contribution is 0.0208. The van der Waals surface area contributed by atoms with Crippen LogP contribution in [0.2, 0.25) is 0 Å². The summed E-state index contributed by atoms with van der Waals surface area (Å²) in [6, 6.07) is 7.33. The summed E-state index contributed by atoms with van der Waals surface area (Å²) in [5.74, 6) is 1.03. The standard InChI is InChI=1S/C18H30N4O4.HI/c1-18(2,3)26-17(23)22(12-13-24-4)11-10-20-16(19)21-14-6-8-15(25-5)9-7-14;/h6-9H,10-13H2,1-5H3,(H3,19,20,21);1H. The summed E-state index contributed by atoms with van der Waals surface area (Å²) < 4.78 is 15.5. The molecule has 3 N–H and O–H groups in total. The number of ether oxygens (including phenoxy) is 3. The Hall–Kier alpha value is -1.75. The third-order valence-corrected chi connectivity index (χ3v) is 3.23. The Morgan fingerprint density at radius 1 is 1.19 bits per heavy atom. The topological polar surface area (TPSA) is 98.4 Å². The van der Waals surface area contributed by atoms with Crippen LogP contribution in [0, 0.1) is 0 Å². The number of nitrogens with zero attached hydrogens (tertiary/aromatic N) is 2. The molecule has 1 aromatic rings. The summed E-state index contributed by atoms with van der Waals surface area (Å²) in [5.41, 5.74) is 6.14. The zero-order chi connectivity index (χ0) is 19.6. The molecule has 0 spiro atoms. The molecule has 27 heavy (non-hydrogen) atoms. The third kappa shape index (κ3) is 10.9. The first-order chi connectivity index (χ1) is 12.2. The van der Waals surface area contributed by atoms with Gasteiger partial charge in [0.1, 0.15) is 11.4 Å². The lowest BCUT2D eigenvalue weighted by atomic mass is 10.2. The average molecular weight is 494 g/mol. The SMILES string of the molecule is COCCN(CCN=C(N)Nc1ccc(OC)cc1)C(=O)OC(C)(C)C.I. The molecule has 0 aromatic heterocycles. The second-order valence-electron chi connectivity index (χ2n) is 6.58. The van der Waals surface area contributed by atoms with Crippen molar-refractivity contribution >= 4 is 41.7 Å². The van der Waals surface area contributed by atoms with Crippen LogP contribution >= 0.6 is 24.0 Å². The molecule has 8 nitrogen and oxygen atoms in total. The van der Waals surface area contributed by atoms with Gasteiger partial charge in [0, 0.05) is 25.9 Å². The second kappa shape index (κ2) is 12.6. The van der Waals surface area contributed by atoms with Gasteiger partial charge in [-0.1, -0.05) is 0 Å². The van der Waals surface area contributed by atoms with Crippen LogP contribution in [-0.4, -0.2) is 63.0 Å². The number of methoxy groups -OCH3 is 2. The molecule has 0 heterocycles. The van der Waals surface area contributed by atoms with Gasteiger partial charge in [-0.3, -0.25) is 4.99 Å². The molecule has 0 aliphatic carbocycles. The highest BCUT2D eigenvalue weighted by Gasteiger charge is 2.21. The summed E-state index contributed by atoms with van der Waals surface area (Å²) in [6.07, 6.45) is -0.397. The van der Waals surface area contributed by atoms with E-state index in [1.807, 2.05) is 45.0 Å². The van der Waals surface area contributed by atoms with Gasteiger partial charge in [-0.25, -0.2) is 4.79 Å². The molecule has 0 saturated carbocycles. The number of hydrogen-bond acceptors (Lipinski definition) is 5. The van der Waals surface area contributed by atoms with Gasteiger partial charge in [0.2, 0.25) is 0 Å². The molecule has 0 atom stereocenters. The Kier molecular flexibility index (Phi) is 11.8. The Morgan fingerprint density at radius 3 is 2.33 bits per heavy atom. The molecule has 154 valence electrons. The number of nitrogens with two attached hydrogens (primary N) is 1. The van der Waals surface area contributed by atoms with Crippen LogP contribution in [-0.2, 0) is 9.47 Å². The molecule has 0 aliphatic heterocycles. The predicted molar refractivity (Wildman–Crippen MR) is 118 cm³/mol. The average Bonchev–Trinajstić information content (AvgIpc) is 2.57. The molecule has 0 radical (unpaired) electrons. The lowest BCUT2D eigenvalue weighted by Crippen LogP contribution is -2.40. The van der Waals surface area contributed by atoms with Crippen molar-refractivity contribution in [3.63, 3.8) is 0 Å². The molecule has 0 unspecified atom stereocenters. The minimum Gasteiger partial charge on any atom is -0.497 e.